The van der Waals surface area contributed by atoms with E-state index in [1.54, 1.807) is 4.90 Å². The lowest BCUT2D eigenvalue weighted by Gasteiger charge is -2.30. The minimum absolute atomic E-state index is 0.00201. The molecule has 0 radical (unpaired) electrons. The van der Waals surface area contributed by atoms with Crippen LogP contribution in [0.15, 0.2) is 0 Å². The fourth-order valence-electron chi connectivity index (χ4n) is 2.25. The van der Waals surface area contributed by atoms with Gasteiger partial charge in [-0.2, -0.15) is 0 Å². The van der Waals surface area contributed by atoms with E-state index in [0.29, 0.717) is 6.54 Å². The van der Waals surface area contributed by atoms with Crippen molar-refractivity contribution in [3.63, 3.8) is 0 Å². The Kier molecular flexibility index (Phi) is 4.78. The molecule has 98 valence electrons. The van der Waals surface area contributed by atoms with E-state index in [9.17, 15) is 9.59 Å². The van der Waals surface area contributed by atoms with Gasteiger partial charge in [0.15, 0.2) is 0 Å². The monoisotopic (exact) mass is 242 g/mol. The summed E-state index contributed by atoms with van der Waals surface area (Å²) in [5, 5.41) is 11.6. The lowest BCUT2D eigenvalue weighted by atomic mass is 10.0. The Balaban J connectivity index is 2.45. The molecule has 5 nitrogen and oxygen atoms in total. The Morgan fingerprint density at radius 2 is 1.94 bits per heavy atom. The molecule has 1 aliphatic carbocycles. The number of rotatable bonds is 5. The number of nitrogens with one attached hydrogen (secondary N) is 1. The molecule has 1 aliphatic rings. The average molecular weight is 242 g/mol. The van der Waals surface area contributed by atoms with E-state index in [1.807, 2.05) is 6.92 Å². The lowest BCUT2D eigenvalue weighted by molar-refractivity contribution is -0.137. The Labute approximate surface area is 102 Å². The number of carbonyl (C=O) groups is 2. The highest BCUT2D eigenvalue weighted by Gasteiger charge is 2.31. The number of amides is 2. The zero-order chi connectivity index (χ0) is 12.9. The van der Waals surface area contributed by atoms with Crippen molar-refractivity contribution in [3.05, 3.63) is 0 Å². The first-order chi connectivity index (χ1) is 7.97. The van der Waals surface area contributed by atoms with Gasteiger partial charge in [-0.05, 0) is 26.7 Å². The summed E-state index contributed by atoms with van der Waals surface area (Å²) in [6.07, 6.45) is 4.32. The van der Waals surface area contributed by atoms with Crippen LogP contribution in [0.4, 0.5) is 4.79 Å². The van der Waals surface area contributed by atoms with E-state index in [4.69, 9.17) is 5.11 Å². The molecule has 0 aromatic rings. The summed E-state index contributed by atoms with van der Waals surface area (Å²) < 4.78 is 0. The number of hydrogen-bond acceptors (Lipinski definition) is 2. The standard InChI is InChI=1S/C12H22N2O3/c1-3-14(9-6-10(15)16)11(17)13-12(2)7-4-5-8-12/h3-9H2,1-2H3,(H,13,17)(H,15,16). The Morgan fingerprint density at radius 3 is 2.41 bits per heavy atom. The topological polar surface area (TPSA) is 69.6 Å². The van der Waals surface area contributed by atoms with Gasteiger partial charge in [-0.15, -0.1) is 0 Å². The highest BCUT2D eigenvalue weighted by Crippen LogP contribution is 2.28. The number of nitrogens with zero attached hydrogens (tertiary/aromatic N) is 1. The number of urea groups is 1. The van der Waals surface area contributed by atoms with Crippen LogP contribution in [-0.4, -0.2) is 40.6 Å². The maximum atomic E-state index is 12.0. The molecule has 1 fully saturated rings. The molecule has 0 bridgehead atoms. The molecule has 0 aromatic heterocycles. The van der Waals surface area contributed by atoms with Gasteiger partial charge in [-0.1, -0.05) is 12.8 Å². The molecule has 0 heterocycles. The summed E-state index contributed by atoms with van der Waals surface area (Å²) in [6.45, 7) is 4.73. The van der Waals surface area contributed by atoms with Crippen LogP contribution >= 0.6 is 0 Å². The highest BCUT2D eigenvalue weighted by atomic mass is 16.4. The lowest BCUT2D eigenvalue weighted by Crippen LogP contribution is -2.50. The van der Waals surface area contributed by atoms with Gasteiger partial charge in [0.2, 0.25) is 0 Å². The van der Waals surface area contributed by atoms with Crippen LogP contribution in [0, 0.1) is 0 Å². The molecule has 0 aromatic carbocycles. The van der Waals surface area contributed by atoms with Crippen LogP contribution in [0.3, 0.4) is 0 Å². The highest BCUT2D eigenvalue weighted by molar-refractivity contribution is 5.76. The molecule has 17 heavy (non-hydrogen) atoms. The predicted molar refractivity (Wildman–Crippen MR) is 64.9 cm³/mol. The molecule has 2 N–H and O–H groups in total. The van der Waals surface area contributed by atoms with Crippen LogP contribution in [0.1, 0.15) is 46.0 Å². The van der Waals surface area contributed by atoms with Crippen molar-refractivity contribution < 1.29 is 14.7 Å². The fraction of sp³-hybridized carbons (Fsp3) is 0.833. The van der Waals surface area contributed by atoms with Crippen molar-refractivity contribution in [1.82, 2.24) is 10.2 Å². The van der Waals surface area contributed by atoms with Crippen LogP contribution in [0.25, 0.3) is 0 Å². The first-order valence-corrected chi connectivity index (χ1v) is 6.26. The van der Waals surface area contributed by atoms with Gasteiger partial charge in [0.25, 0.3) is 0 Å². The smallest absolute Gasteiger partial charge is 0.317 e. The minimum atomic E-state index is -0.872. The van der Waals surface area contributed by atoms with E-state index in [-0.39, 0.29) is 24.5 Å². The second kappa shape index (κ2) is 5.89. The summed E-state index contributed by atoms with van der Waals surface area (Å²) in [7, 11) is 0. The van der Waals surface area contributed by atoms with Gasteiger partial charge in [0, 0.05) is 18.6 Å². The summed E-state index contributed by atoms with van der Waals surface area (Å²) >= 11 is 0. The summed E-state index contributed by atoms with van der Waals surface area (Å²) in [4.78, 5) is 24.0. The predicted octanol–water partition coefficient (Wildman–Crippen LogP) is 1.83. The fourth-order valence-corrected chi connectivity index (χ4v) is 2.25. The van der Waals surface area contributed by atoms with Crippen LogP contribution in [0.2, 0.25) is 0 Å². The van der Waals surface area contributed by atoms with Crippen molar-refractivity contribution >= 4 is 12.0 Å². The normalized spacial score (nSPS) is 17.8. The minimum Gasteiger partial charge on any atom is -0.481 e. The molecule has 0 unspecified atom stereocenters. The van der Waals surface area contributed by atoms with Gasteiger partial charge >= 0.3 is 12.0 Å². The van der Waals surface area contributed by atoms with Crippen molar-refractivity contribution in [3.8, 4) is 0 Å². The first-order valence-electron chi connectivity index (χ1n) is 6.26. The molecular formula is C12H22N2O3. The van der Waals surface area contributed by atoms with Crippen LogP contribution in [0.5, 0.6) is 0 Å². The van der Waals surface area contributed by atoms with Gasteiger partial charge < -0.3 is 15.3 Å². The second-order valence-corrected chi connectivity index (χ2v) is 4.92. The van der Waals surface area contributed by atoms with E-state index in [1.165, 1.54) is 0 Å². The van der Waals surface area contributed by atoms with Crippen molar-refractivity contribution in [2.45, 2.75) is 51.5 Å². The zero-order valence-corrected chi connectivity index (χ0v) is 10.7. The molecule has 1 rings (SSSR count). The van der Waals surface area contributed by atoms with E-state index >= 15 is 0 Å². The number of carbonyl (C=O) groups excluding carboxylic acids is 1. The second-order valence-electron chi connectivity index (χ2n) is 4.92. The molecule has 2 amide bonds. The van der Waals surface area contributed by atoms with Crippen LogP contribution < -0.4 is 5.32 Å². The third-order valence-corrected chi connectivity index (χ3v) is 3.38. The Bertz CT molecular complexity index is 285. The van der Waals surface area contributed by atoms with Gasteiger partial charge in [-0.3, -0.25) is 4.79 Å². The van der Waals surface area contributed by atoms with Crippen molar-refractivity contribution in [2.75, 3.05) is 13.1 Å². The number of carboxylic acids is 1. The summed E-state index contributed by atoms with van der Waals surface area (Å²) in [5.74, 6) is -0.872. The number of hydrogen-bond donors (Lipinski definition) is 2. The largest absolute Gasteiger partial charge is 0.481 e. The summed E-state index contributed by atoms with van der Waals surface area (Å²) in [5.41, 5.74) is -0.103. The molecule has 0 saturated heterocycles. The van der Waals surface area contributed by atoms with E-state index < -0.39 is 5.97 Å². The number of carboxylic acid groups (broad SMARTS) is 1. The Hall–Kier alpha value is -1.26. The maximum Gasteiger partial charge on any atom is 0.317 e. The van der Waals surface area contributed by atoms with Crippen LogP contribution in [-0.2, 0) is 4.79 Å². The zero-order valence-electron chi connectivity index (χ0n) is 10.7. The quantitative estimate of drug-likeness (QED) is 0.772. The van der Waals surface area contributed by atoms with E-state index in [2.05, 4.69) is 12.2 Å². The average Bonchev–Trinajstić information content (AvgIpc) is 2.65. The third-order valence-electron chi connectivity index (χ3n) is 3.38. The molecule has 1 saturated carbocycles. The van der Waals surface area contributed by atoms with E-state index in [0.717, 1.165) is 25.7 Å². The van der Waals surface area contributed by atoms with Crippen molar-refractivity contribution in [2.24, 2.45) is 0 Å². The molecule has 0 aliphatic heterocycles. The van der Waals surface area contributed by atoms with Gasteiger partial charge in [0.05, 0.1) is 6.42 Å². The third kappa shape index (κ3) is 4.24. The Morgan fingerprint density at radius 1 is 1.35 bits per heavy atom. The molecule has 5 heteroatoms. The number of aliphatic carboxylic acids is 1. The molecule has 0 spiro atoms. The van der Waals surface area contributed by atoms with Gasteiger partial charge in [0.1, 0.15) is 0 Å². The first kappa shape index (κ1) is 13.8. The van der Waals surface area contributed by atoms with Gasteiger partial charge in [-0.25, -0.2) is 4.79 Å². The molecular weight excluding hydrogens is 220 g/mol. The molecule has 0 atom stereocenters. The summed E-state index contributed by atoms with van der Waals surface area (Å²) in [6, 6.07) is -0.141. The van der Waals surface area contributed by atoms with Crippen molar-refractivity contribution in [1.29, 1.82) is 0 Å². The SMILES string of the molecule is CCN(CCC(=O)O)C(=O)NC1(C)CCCC1. The maximum absolute atomic E-state index is 12.0.